The maximum atomic E-state index is 12.9. The molecule has 1 aromatic carbocycles. The molecule has 1 fully saturated rings. The molecule has 2 heterocycles. The average molecular weight is 428 g/mol. The highest BCUT2D eigenvalue weighted by molar-refractivity contribution is 5.99. The standard InChI is InChI=1S/C22H28N4O5/c1-14-4-5-21(31-14)20(26-6-8-30-9-7-26)13-23-22(29)17-10-18(24-15(2)27)12-19(11-17)25-16(3)28/h4-5,10-12,20H,6-9,13H2,1-3H3,(H,23,29)(H,24,27)(H,25,28)/t20-/m0/s1. The number of anilines is 2. The Morgan fingerprint density at radius 2 is 1.61 bits per heavy atom. The third-order valence-corrected chi connectivity index (χ3v) is 4.87. The summed E-state index contributed by atoms with van der Waals surface area (Å²) in [6.45, 7) is 7.72. The second-order valence-corrected chi connectivity index (χ2v) is 7.48. The first-order chi connectivity index (χ1) is 14.8. The van der Waals surface area contributed by atoms with Crippen molar-refractivity contribution in [2.45, 2.75) is 26.8 Å². The number of ether oxygens (including phenoxy) is 1. The monoisotopic (exact) mass is 428 g/mol. The van der Waals surface area contributed by atoms with Gasteiger partial charge < -0.3 is 25.1 Å². The minimum absolute atomic E-state index is 0.130. The Balaban J connectivity index is 1.77. The minimum atomic E-state index is -0.319. The predicted molar refractivity (Wildman–Crippen MR) is 116 cm³/mol. The van der Waals surface area contributed by atoms with Crippen LogP contribution in [0.15, 0.2) is 34.7 Å². The number of nitrogens with one attached hydrogen (secondary N) is 3. The number of nitrogens with zero attached hydrogens (tertiary/aromatic N) is 1. The van der Waals surface area contributed by atoms with Gasteiger partial charge in [-0.25, -0.2) is 0 Å². The lowest BCUT2D eigenvalue weighted by atomic mass is 10.1. The molecule has 1 aromatic heterocycles. The zero-order chi connectivity index (χ0) is 22.4. The van der Waals surface area contributed by atoms with E-state index < -0.39 is 0 Å². The molecule has 1 atom stereocenters. The van der Waals surface area contributed by atoms with Gasteiger partial charge in [-0.15, -0.1) is 0 Å². The summed E-state index contributed by atoms with van der Waals surface area (Å²) in [7, 11) is 0. The molecule has 3 rings (SSSR count). The number of carbonyl (C=O) groups excluding carboxylic acids is 3. The van der Waals surface area contributed by atoms with Crippen molar-refractivity contribution in [2.75, 3.05) is 43.5 Å². The number of hydrogen-bond acceptors (Lipinski definition) is 6. The van der Waals surface area contributed by atoms with E-state index >= 15 is 0 Å². The Labute approximate surface area is 181 Å². The molecule has 9 nitrogen and oxygen atoms in total. The van der Waals surface area contributed by atoms with Gasteiger partial charge >= 0.3 is 0 Å². The first-order valence-electron chi connectivity index (χ1n) is 10.2. The average Bonchev–Trinajstić information content (AvgIpc) is 3.13. The first kappa shape index (κ1) is 22.5. The Hall–Kier alpha value is -3.17. The molecule has 2 aromatic rings. The fourth-order valence-electron chi connectivity index (χ4n) is 3.53. The van der Waals surface area contributed by atoms with E-state index in [0.717, 1.165) is 24.6 Å². The molecule has 3 amide bonds. The highest BCUT2D eigenvalue weighted by Gasteiger charge is 2.26. The third kappa shape index (κ3) is 6.40. The van der Waals surface area contributed by atoms with E-state index in [0.29, 0.717) is 36.7 Å². The van der Waals surface area contributed by atoms with Crippen LogP contribution in [0.2, 0.25) is 0 Å². The Kier molecular flexibility index (Phi) is 7.43. The van der Waals surface area contributed by atoms with Gasteiger partial charge in [0.1, 0.15) is 11.5 Å². The molecule has 31 heavy (non-hydrogen) atoms. The number of furan rings is 1. The molecule has 1 aliphatic rings. The van der Waals surface area contributed by atoms with Gasteiger partial charge in [-0.05, 0) is 37.3 Å². The SMILES string of the molecule is CC(=O)Nc1cc(NC(C)=O)cc(C(=O)NC[C@@H](c2ccc(C)o2)N2CCOCC2)c1. The second-order valence-electron chi connectivity index (χ2n) is 7.48. The molecule has 0 spiro atoms. The number of rotatable bonds is 7. The van der Waals surface area contributed by atoms with Crippen LogP contribution in [0.1, 0.15) is 41.8 Å². The maximum Gasteiger partial charge on any atom is 0.251 e. The topological polar surface area (TPSA) is 113 Å². The summed E-state index contributed by atoms with van der Waals surface area (Å²) in [5.41, 5.74) is 1.18. The van der Waals surface area contributed by atoms with Crippen molar-refractivity contribution in [1.29, 1.82) is 0 Å². The first-order valence-corrected chi connectivity index (χ1v) is 10.2. The molecule has 0 bridgehead atoms. The summed E-state index contributed by atoms with van der Waals surface area (Å²) >= 11 is 0. The number of amides is 3. The van der Waals surface area contributed by atoms with Crippen LogP contribution < -0.4 is 16.0 Å². The highest BCUT2D eigenvalue weighted by atomic mass is 16.5. The molecule has 166 valence electrons. The van der Waals surface area contributed by atoms with Gasteiger partial charge in [-0.3, -0.25) is 19.3 Å². The molecule has 0 saturated carbocycles. The smallest absolute Gasteiger partial charge is 0.251 e. The maximum absolute atomic E-state index is 12.9. The molecule has 1 aliphatic heterocycles. The largest absolute Gasteiger partial charge is 0.465 e. The number of benzene rings is 1. The van der Waals surface area contributed by atoms with Crippen LogP contribution in [0.25, 0.3) is 0 Å². The lowest BCUT2D eigenvalue weighted by Crippen LogP contribution is -2.43. The zero-order valence-corrected chi connectivity index (χ0v) is 18.0. The van der Waals surface area contributed by atoms with Crippen LogP contribution in [0.5, 0.6) is 0 Å². The zero-order valence-electron chi connectivity index (χ0n) is 18.0. The molecule has 9 heteroatoms. The van der Waals surface area contributed by atoms with Crippen molar-refractivity contribution in [3.8, 4) is 0 Å². The van der Waals surface area contributed by atoms with Gasteiger partial charge in [0.25, 0.3) is 5.91 Å². The summed E-state index contributed by atoms with van der Waals surface area (Å²) < 4.78 is 11.3. The number of aryl methyl sites for hydroxylation is 1. The summed E-state index contributed by atoms with van der Waals surface area (Å²) in [5, 5.41) is 8.26. The lowest BCUT2D eigenvalue weighted by Gasteiger charge is -2.33. The molecule has 0 unspecified atom stereocenters. The minimum Gasteiger partial charge on any atom is -0.465 e. The van der Waals surface area contributed by atoms with Crippen molar-refractivity contribution in [3.05, 3.63) is 47.4 Å². The van der Waals surface area contributed by atoms with Gasteiger partial charge in [-0.1, -0.05) is 0 Å². The van der Waals surface area contributed by atoms with Crippen molar-refractivity contribution in [1.82, 2.24) is 10.2 Å². The Morgan fingerprint density at radius 1 is 1.00 bits per heavy atom. The van der Waals surface area contributed by atoms with Crippen LogP contribution in [-0.2, 0) is 14.3 Å². The second kappa shape index (κ2) is 10.2. The van der Waals surface area contributed by atoms with E-state index in [1.165, 1.54) is 13.8 Å². The highest BCUT2D eigenvalue weighted by Crippen LogP contribution is 2.24. The fraction of sp³-hybridized carbons (Fsp3) is 0.409. The van der Waals surface area contributed by atoms with E-state index in [9.17, 15) is 14.4 Å². The van der Waals surface area contributed by atoms with Crippen LogP contribution in [0.4, 0.5) is 11.4 Å². The van der Waals surface area contributed by atoms with Gasteiger partial charge in [0, 0.05) is 50.4 Å². The third-order valence-electron chi connectivity index (χ3n) is 4.87. The van der Waals surface area contributed by atoms with Crippen LogP contribution >= 0.6 is 0 Å². The van der Waals surface area contributed by atoms with Gasteiger partial charge in [0.15, 0.2) is 0 Å². The molecule has 3 N–H and O–H groups in total. The van der Waals surface area contributed by atoms with E-state index in [4.69, 9.17) is 9.15 Å². The van der Waals surface area contributed by atoms with E-state index in [1.807, 2.05) is 19.1 Å². The van der Waals surface area contributed by atoms with Crippen molar-refractivity contribution >= 4 is 29.1 Å². The molecular formula is C22H28N4O5. The fourth-order valence-corrected chi connectivity index (χ4v) is 3.53. The van der Waals surface area contributed by atoms with Crippen LogP contribution in [0, 0.1) is 6.92 Å². The van der Waals surface area contributed by atoms with Gasteiger partial charge in [-0.2, -0.15) is 0 Å². The molecule has 0 aliphatic carbocycles. The number of carbonyl (C=O) groups is 3. The summed E-state index contributed by atoms with van der Waals surface area (Å²) in [6.07, 6.45) is 0. The lowest BCUT2D eigenvalue weighted by molar-refractivity contribution is -0.115. The van der Waals surface area contributed by atoms with Crippen LogP contribution in [0.3, 0.4) is 0 Å². The summed E-state index contributed by atoms with van der Waals surface area (Å²) in [5.74, 6) is 0.729. The quantitative estimate of drug-likeness (QED) is 0.624. The van der Waals surface area contributed by atoms with Crippen LogP contribution in [-0.4, -0.2) is 55.5 Å². The van der Waals surface area contributed by atoms with E-state index in [1.54, 1.807) is 18.2 Å². The van der Waals surface area contributed by atoms with Gasteiger partial charge in [0.2, 0.25) is 11.8 Å². The Bertz CT molecular complexity index is 915. The Morgan fingerprint density at radius 3 is 2.13 bits per heavy atom. The summed E-state index contributed by atoms with van der Waals surface area (Å²) in [4.78, 5) is 38.1. The summed E-state index contributed by atoms with van der Waals surface area (Å²) in [6, 6.07) is 8.44. The van der Waals surface area contributed by atoms with E-state index in [2.05, 4.69) is 20.9 Å². The molecule has 0 radical (unpaired) electrons. The number of hydrogen-bond donors (Lipinski definition) is 3. The molecular weight excluding hydrogens is 400 g/mol. The normalized spacial score (nSPS) is 15.2. The number of morpholine rings is 1. The van der Waals surface area contributed by atoms with Gasteiger partial charge in [0.05, 0.1) is 19.3 Å². The predicted octanol–water partition coefficient (Wildman–Crippen LogP) is 2.31. The van der Waals surface area contributed by atoms with Crippen molar-refractivity contribution in [2.24, 2.45) is 0 Å². The van der Waals surface area contributed by atoms with Crippen molar-refractivity contribution in [3.63, 3.8) is 0 Å². The molecule has 1 saturated heterocycles. The van der Waals surface area contributed by atoms with Crippen molar-refractivity contribution < 1.29 is 23.5 Å². The van der Waals surface area contributed by atoms with E-state index in [-0.39, 0.29) is 23.8 Å².